The molecule has 0 heterocycles. The Balaban J connectivity index is 4.37. The van der Waals surface area contributed by atoms with E-state index in [4.69, 9.17) is 19.6 Å². The van der Waals surface area contributed by atoms with Gasteiger partial charge in [0.1, 0.15) is 0 Å². The van der Waals surface area contributed by atoms with Crippen molar-refractivity contribution in [3.8, 4) is 0 Å². The van der Waals surface area contributed by atoms with Gasteiger partial charge in [-0.05, 0) is 5.92 Å². The molecule has 94 valence electrons. The van der Waals surface area contributed by atoms with Crippen molar-refractivity contribution in [1.82, 2.24) is 0 Å². The minimum atomic E-state index is -4.84. The highest BCUT2D eigenvalue weighted by atomic mass is 31.2. The summed E-state index contributed by atoms with van der Waals surface area (Å²) in [6.45, 7) is 1.29. The van der Waals surface area contributed by atoms with Crippen LogP contribution in [0.1, 0.15) is 19.8 Å². The first-order chi connectivity index (χ1) is 6.94. The van der Waals surface area contributed by atoms with Gasteiger partial charge in [0, 0.05) is 12.8 Å². The van der Waals surface area contributed by atoms with Crippen LogP contribution < -0.4 is 0 Å². The minimum absolute atomic E-state index is 0.601. The van der Waals surface area contributed by atoms with E-state index in [-0.39, 0.29) is 0 Å². The van der Waals surface area contributed by atoms with Gasteiger partial charge in [0.05, 0.1) is 0 Å². The molecule has 0 aromatic carbocycles. The van der Waals surface area contributed by atoms with Crippen LogP contribution in [-0.2, 0) is 18.7 Å². The van der Waals surface area contributed by atoms with E-state index in [9.17, 15) is 18.7 Å². The van der Waals surface area contributed by atoms with Gasteiger partial charge in [-0.2, -0.15) is 0 Å². The van der Waals surface area contributed by atoms with E-state index >= 15 is 0 Å². The molecule has 0 fully saturated rings. The molecule has 0 spiro atoms. The second-order valence-corrected chi connectivity index (χ2v) is 6.56. The van der Waals surface area contributed by atoms with E-state index in [1.165, 1.54) is 6.92 Å². The van der Waals surface area contributed by atoms with Crippen LogP contribution in [0, 0.1) is 5.92 Å². The first kappa shape index (κ1) is 15.6. The summed E-state index contributed by atoms with van der Waals surface area (Å²) in [7, 11) is -9.68. The van der Waals surface area contributed by atoms with Crippen LogP contribution in [0.5, 0.6) is 0 Å². The van der Waals surface area contributed by atoms with Crippen LogP contribution in [-0.4, -0.2) is 30.6 Å². The van der Waals surface area contributed by atoms with Gasteiger partial charge in [-0.3, -0.25) is 18.7 Å². The molecule has 0 bridgehead atoms. The van der Waals surface area contributed by atoms with Gasteiger partial charge < -0.3 is 19.6 Å². The summed E-state index contributed by atoms with van der Waals surface area (Å²) in [5.74, 6) is -0.833. The van der Waals surface area contributed by atoms with Crippen LogP contribution >= 0.6 is 15.2 Å². The van der Waals surface area contributed by atoms with Crippen molar-refractivity contribution in [2.45, 2.75) is 19.8 Å². The second kappa shape index (κ2) is 5.31. The summed E-state index contributed by atoms with van der Waals surface area (Å²) in [4.78, 5) is 55.5. The van der Waals surface area contributed by atoms with Gasteiger partial charge in [0.15, 0.2) is 0 Å². The summed E-state index contributed by atoms with van der Waals surface area (Å²) in [6.07, 6.45) is -1.20. The quantitative estimate of drug-likeness (QED) is 0.487. The van der Waals surface area contributed by atoms with Crippen molar-refractivity contribution >= 4 is 26.2 Å². The zero-order valence-electron chi connectivity index (χ0n) is 8.31. The zero-order valence-corrected chi connectivity index (χ0v) is 10.1. The van der Waals surface area contributed by atoms with Gasteiger partial charge in [0.25, 0.3) is 0 Å². The van der Waals surface area contributed by atoms with Gasteiger partial charge >= 0.3 is 15.2 Å². The molecule has 16 heavy (non-hydrogen) atoms. The smallest absolute Gasteiger partial charge is 0.319 e. The standard InChI is InChI=1S/C6H12O8P2/c1-4(2-5(7)15(9,10)11)3-6(8)16(12,13)14/h4H,2-3H2,1H3,(H2,9,10,11)(H2,12,13,14). The van der Waals surface area contributed by atoms with Crippen LogP contribution in [0.2, 0.25) is 0 Å². The van der Waals surface area contributed by atoms with Crippen molar-refractivity contribution in [1.29, 1.82) is 0 Å². The summed E-state index contributed by atoms with van der Waals surface area (Å²) in [6, 6.07) is 0. The second-order valence-electron chi connectivity index (χ2n) is 3.39. The Morgan fingerprint density at radius 3 is 1.38 bits per heavy atom. The predicted octanol–water partition coefficient (Wildman–Crippen LogP) is -0.189. The monoisotopic (exact) mass is 274 g/mol. The van der Waals surface area contributed by atoms with E-state index in [0.717, 1.165) is 0 Å². The lowest BCUT2D eigenvalue weighted by Gasteiger charge is -2.10. The number of hydrogen-bond acceptors (Lipinski definition) is 4. The fourth-order valence-corrected chi connectivity index (χ4v) is 2.01. The summed E-state index contributed by atoms with van der Waals surface area (Å²) < 4.78 is 20.9. The molecule has 0 unspecified atom stereocenters. The third kappa shape index (κ3) is 5.65. The minimum Gasteiger partial charge on any atom is -0.319 e. The summed E-state index contributed by atoms with van der Waals surface area (Å²) >= 11 is 0. The van der Waals surface area contributed by atoms with Crippen LogP contribution in [0.3, 0.4) is 0 Å². The van der Waals surface area contributed by atoms with Gasteiger partial charge in [0.2, 0.25) is 11.0 Å². The normalized spacial score (nSPS) is 12.9. The zero-order chi connectivity index (χ0) is 13.1. The first-order valence-electron chi connectivity index (χ1n) is 4.12. The van der Waals surface area contributed by atoms with Crippen LogP contribution in [0.15, 0.2) is 0 Å². The van der Waals surface area contributed by atoms with E-state index in [2.05, 4.69) is 0 Å². The number of hydrogen-bond donors (Lipinski definition) is 4. The molecule has 0 aliphatic heterocycles. The lowest BCUT2D eigenvalue weighted by atomic mass is 10.1. The fourth-order valence-electron chi connectivity index (χ4n) is 0.906. The number of carbonyl (C=O) groups is 2. The highest BCUT2D eigenvalue weighted by Gasteiger charge is 2.31. The highest BCUT2D eigenvalue weighted by molar-refractivity contribution is 7.70. The Kier molecular flexibility index (Phi) is 5.19. The molecule has 0 saturated heterocycles. The van der Waals surface area contributed by atoms with Crippen LogP contribution in [0.4, 0.5) is 0 Å². The predicted molar refractivity (Wildman–Crippen MR) is 52.5 cm³/mol. The molecule has 0 rings (SSSR count). The van der Waals surface area contributed by atoms with E-state index in [1.807, 2.05) is 0 Å². The van der Waals surface area contributed by atoms with Crippen molar-refractivity contribution < 1.29 is 38.3 Å². The van der Waals surface area contributed by atoms with E-state index in [1.54, 1.807) is 0 Å². The average Bonchev–Trinajstić information content (AvgIpc) is 1.99. The molecule has 0 aromatic rings. The molecular weight excluding hydrogens is 262 g/mol. The molecule has 0 radical (unpaired) electrons. The van der Waals surface area contributed by atoms with Crippen molar-refractivity contribution in [2.24, 2.45) is 5.92 Å². The number of rotatable bonds is 6. The molecular formula is C6H12O8P2. The molecule has 4 N–H and O–H groups in total. The van der Waals surface area contributed by atoms with Crippen molar-refractivity contribution in [2.75, 3.05) is 0 Å². The Morgan fingerprint density at radius 1 is 0.938 bits per heavy atom. The van der Waals surface area contributed by atoms with E-state index in [0.29, 0.717) is 0 Å². The average molecular weight is 274 g/mol. The molecule has 0 aliphatic rings. The third-order valence-electron chi connectivity index (χ3n) is 1.70. The van der Waals surface area contributed by atoms with Crippen LogP contribution in [0.25, 0.3) is 0 Å². The molecule has 0 saturated carbocycles. The lowest BCUT2D eigenvalue weighted by Crippen LogP contribution is -2.11. The maximum Gasteiger partial charge on any atom is 0.391 e. The lowest BCUT2D eigenvalue weighted by molar-refractivity contribution is -0.116. The largest absolute Gasteiger partial charge is 0.391 e. The molecule has 10 heteroatoms. The Bertz CT molecular complexity index is 340. The molecule has 8 nitrogen and oxygen atoms in total. The molecule has 0 aromatic heterocycles. The maximum atomic E-state index is 10.8. The Labute approximate surface area is 91.0 Å². The van der Waals surface area contributed by atoms with Gasteiger partial charge in [-0.25, -0.2) is 0 Å². The van der Waals surface area contributed by atoms with E-state index < -0.39 is 45.0 Å². The maximum absolute atomic E-state index is 10.8. The van der Waals surface area contributed by atoms with Crippen molar-refractivity contribution in [3.05, 3.63) is 0 Å². The van der Waals surface area contributed by atoms with Crippen molar-refractivity contribution in [3.63, 3.8) is 0 Å². The SMILES string of the molecule is CC(CC(=O)P(=O)(O)O)CC(=O)P(=O)(O)O. The highest BCUT2D eigenvalue weighted by Crippen LogP contribution is 2.41. The number of carbonyl (C=O) groups excluding carboxylic acids is 2. The van der Waals surface area contributed by atoms with Gasteiger partial charge in [-0.15, -0.1) is 0 Å². The Morgan fingerprint density at radius 2 is 1.19 bits per heavy atom. The first-order valence-corrected chi connectivity index (χ1v) is 7.35. The Hall–Kier alpha value is -0.360. The fraction of sp³-hybridized carbons (Fsp3) is 0.667. The third-order valence-corrected chi connectivity index (χ3v) is 3.36. The summed E-state index contributed by atoms with van der Waals surface area (Å²) in [5, 5.41) is 0. The molecule has 0 atom stereocenters. The molecule has 0 aliphatic carbocycles. The molecule has 0 amide bonds. The van der Waals surface area contributed by atoms with Gasteiger partial charge in [-0.1, -0.05) is 6.92 Å². The topological polar surface area (TPSA) is 149 Å². The summed E-state index contributed by atoms with van der Waals surface area (Å²) in [5.41, 5.74) is -2.70.